The van der Waals surface area contributed by atoms with Crippen molar-refractivity contribution in [1.29, 1.82) is 0 Å². The maximum absolute atomic E-state index is 13.7. The molecule has 3 aromatic carbocycles. The predicted octanol–water partition coefficient (Wildman–Crippen LogP) is 7.26. The minimum Gasteiger partial charge on any atom is -0.450 e. The molecule has 0 fully saturated rings. The number of rotatable bonds is 2. The largest absolute Gasteiger partial charge is 0.450 e. The summed E-state index contributed by atoms with van der Waals surface area (Å²) in [6.45, 7) is 6.44. The van der Waals surface area contributed by atoms with Crippen molar-refractivity contribution >= 4 is 50.1 Å². The summed E-state index contributed by atoms with van der Waals surface area (Å²) in [5, 5.41) is 0.804. The van der Waals surface area contributed by atoms with Gasteiger partial charge in [-0.3, -0.25) is 14.5 Å². The second kappa shape index (κ2) is 7.86. The van der Waals surface area contributed by atoms with Gasteiger partial charge in [-0.1, -0.05) is 72.6 Å². The second-order valence-corrected chi connectivity index (χ2v) is 10.6. The van der Waals surface area contributed by atoms with Crippen LogP contribution >= 0.6 is 27.5 Å². The van der Waals surface area contributed by atoms with Crippen molar-refractivity contribution < 1.29 is 9.21 Å². The summed E-state index contributed by atoms with van der Waals surface area (Å²) in [5.74, 6) is -0.270. The fourth-order valence-electron chi connectivity index (χ4n) is 4.29. The molecule has 1 aliphatic rings. The van der Waals surface area contributed by atoms with E-state index in [1.807, 2.05) is 36.4 Å². The SMILES string of the molecule is CC(C)(C)c1ccc(C2c3c(oc4ccc(Cl)cc4c3=O)C(=O)N2c2ccc(Br)cc2)cc1. The molecule has 5 rings (SSSR count). The number of fused-ring (bicyclic) bond motifs is 2. The van der Waals surface area contributed by atoms with E-state index in [1.54, 1.807) is 23.1 Å². The van der Waals surface area contributed by atoms with Gasteiger partial charge in [0, 0.05) is 15.2 Å². The molecule has 4 nitrogen and oxygen atoms in total. The third-order valence-corrected chi connectivity index (χ3v) is 6.79. The fraction of sp³-hybridized carbons (Fsp3) is 0.185. The number of hydrogen-bond donors (Lipinski definition) is 0. The van der Waals surface area contributed by atoms with E-state index in [0.717, 1.165) is 10.0 Å². The number of hydrogen-bond acceptors (Lipinski definition) is 3. The van der Waals surface area contributed by atoms with Crippen LogP contribution in [0.3, 0.4) is 0 Å². The monoisotopic (exact) mass is 521 g/mol. The molecule has 0 aliphatic carbocycles. The van der Waals surface area contributed by atoms with E-state index in [0.29, 0.717) is 27.2 Å². The summed E-state index contributed by atoms with van der Waals surface area (Å²) in [6, 6.07) is 19.8. The fourth-order valence-corrected chi connectivity index (χ4v) is 4.73. The lowest BCUT2D eigenvalue weighted by atomic mass is 9.86. The highest BCUT2D eigenvalue weighted by atomic mass is 79.9. The highest BCUT2D eigenvalue weighted by molar-refractivity contribution is 9.10. The lowest BCUT2D eigenvalue weighted by molar-refractivity contribution is 0.0971. The van der Waals surface area contributed by atoms with Gasteiger partial charge < -0.3 is 4.42 Å². The minimum absolute atomic E-state index is 0.0146. The molecule has 166 valence electrons. The maximum Gasteiger partial charge on any atom is 0.295 e. The number of halogens is 2. The Labute approximate surface area is 204 Å². The molecule has 4 aromatic rings. The van der Waals surface area contributed by atoms with Crippen molar-refractivity contribution in [2.75, 3.05) is 4.90 Å². The van der Waals surface area contributed by atoms with Crippen LogP contribution < -0.4 is 10.3 Å². The van der Waals surface area contributed by atoms with E-state index in [4.69, 9.17) is 16.0 Å². The molecule has 0 bridgehead atoms. The van der Waals surface area contributed by atoms with Crippen LogP contribution in [-0.2, 0) is 5.41 Å². The molecule has 0 radical (unpaired) electrons. The van der Waals surface area contributed by atoms with Crippen molar-refractivity contribution in [3.8, 4) is 0 Å². The highest BCUT2D eigenvalue weighted by Crippen LogP contribution is 2.42. The Morgan fingerprint density at radius 3 is 2.24 bits per heavy atom. The smallest absolute Gasteiger partial charge is 0.295 e. The summed E-state index contributed by atoms with van der Waals surface area (Å²) < 4.78 is 6.90. The molecule has 2 heterocycles. The van der Waals surface area contributed by atoms with Crippen LogP contribution in [0.5, 0.6) is 0 Å². The number of amides is 1. The zero-order valence-corrected chi connectivity index (χ0v) is 20.7. The van der Waals surface area contributed by atoms with Crippen LogP contribution in [0.15, 0.2) is 80.4 Å². The molecule has 6 heteroatoms. The molecule has 0 N–H and O–H groups in total. The number of carbonyl (C=O) groups is 1. The third-order valence-electron chi connectivity index (χ3n) is 6.03. The van der Waals surface area contributed by atoms with Crippen LogP contribution in [0, 0.1) is 0 Å². The molecule has 0 saturated heterocycles. The molecule has 1 atom stereocenters. The standard InChI is InChI=1S/C27H21BrClNO3/c1-27(2,3)16-6-4-15(5-7-16)23-22-24(31)20-14-18(29)10-13-21(20)33-25(22)26(32)30(23)19-11-8-17(28)9-12-19/h4-14,23H,1-3H3. The van der Waals surface area contributed by atoms with E-state index >= 15 is 0 Å². The third kappa shape index (κ3) is 3.69. The van der Waals surface area contributed by atoms with Gasteiger partial charge in [0.05, 0.1) is 17.0 Å². The van der Waals surface area contributed by atoms with Gasteiger partial charge >= 0.3 is 0 Å². The van der Waals surface area contributed by atoms with Crippen LogP contribution in [0.4, 0.5) is 5.69 Å². The average molecular weight is 523 g/mol. The van der Waals surface area contributed by atoms with E-state index < -0.39 is 6.04 Å². The van der Waals surface area contributed by atoms with Crippen LogP contribution in [-0.4, -0.2) is 5.91 Å². The Morgan fingerprint density at radius 1 is 0.939 bits per heavy atom. The molecule has 1 unspecified atom stereocenters. The number of carbonyl (C=O) groups excluding carboxylic acids is 1. The van der Waals surface area contributed by atoms with E-state index in [-0.39, 0.29) is 22.5 Å². The van der Waals surface area contributed by atoms with Crippen LogP contribution in [0.25, 0.3) is 11.0 Å². The van der Waals surface area contributed by atoms with Gasteiger partial charge in [0.25, 0.3) is 5.91 Å². The van der Waals surface area contributed by atoms with Gasteiger partial charge in [-0.25, -0.2) is 0 Å². The van der Waals surface area contributed by atoms with Crippen molar-refractivity contribution in [1.82, 2.24) is 0 Å². The minimum atomic E-state index is -0.609. The Kier molecular flexibility index (Phi) is 5.22. The van der Waals surface area contributed by atoms with Crippen molar-refractivity contribution in [3.05, 3.63) is 109 Å². The quantitative estimate of drug-likeness (QED) is 0.278. The number of benzene rings is 3. The molecular weight excluding hydrogens is 502 g/mol. The zero-order valence-electron chi connectivity index (χ0n) is 18.4. The molecule has 33 heavy (non-hydrogen) atoms. The molecule has 0 spiro atoms. The van der Waals surface area contributed by atoms with Crippen molar-refractivity contribution in [3.63, 3.8) is 0 Å². The van der Waals surface area contributed by atoms with Crippen LogP contribution in [0.2, 0.25) is 5.02 Å². The van der Waals surface area contributed by atoms with E-state index in [2.05, 4.69) is 48.8 Å². The Hall–Kier alpha value is -2.89. The van der Waals surface area contributed by atoms with Gasteiger partial charge in [-0.2, -0.15) is 0 Å². The molecule has 1 aromatic heterocycles. The van der Waals surface area contributed by atoms with Gasteiger partial charge in [0.15, 0.2) is 5.43 Å². The number of anilines is 1. The summed E-state index contributed by atoms with van der Waals surface area (Å²) in [5.41, 5.74) is 3.11. The topological polar surface area (TPSA) is 50.5 Å². The second-order valence-electron chi connectivity index (χ2n) is 9.24. The first kappa shape index (κ1) is 21.9. The first-order valence-corrected chi connectivity index (χ1v) is 11.8. The Morgan fingerprint density at radius 2 is 1.61 bits per heavy atom. The summed E-state index contributed by atoms with van der Waals surface area (Å²) >= 11 is 9.61. The Balaban J connectivity index is 1.77. The summed E-state index contributed by atoms with van der Waals surface area (Å²) in [4.78, 5) is 28.9. The van der Waals surface area contributed by atoms with Gasteiger partial charge in [0.1, 0.15) is 5.58 Å². The molecular formula is C27H21BrClNO3. The van der Waals surface area contributed by atoms with E-state index in [1.165, 1.54) is 5.56 Å². The van der Waals surface area contributed by atoms with Gasteiger partial charge in [-0.05, 0) is 59.0 Å². The lowest BCUT2D eigenvalue weighted by Gasteiger charge is -2.26. The lowest BCUT2D eigenvalue weighted by Crippen LogP contribution is -2.29. The predicted molar refractivity (Wildman–Crippen MR) is 135 cm³/mol. The van der Waals surface area contributed by atoms with Crippen molar-refractivity contribution in [2.24, 2.45) is 0 Å². The summed E-state index contributed by atoms with van der Waals surface area (Å²) in [7, 11) is 0. The van der Waals surface area contributed by atoms with Crippen LogP contribution in [0.1, 0.15) is 54.1 Å². The Bertz CT molecular complexity index is 1450. The first-order valence-electron chi connectivity index (χ1n) is 10.6. The van der Waals surface area contributed by atoms with Gasteiger partial charge in [-0.15, -0.1) is 0 Å². The maximum atomic E-state index is 13.7. The number of nitrogens with zero attached hydrogens (tertiary/aromatic N) is 1. The highest BCUT2D eigenvalue weighted by Gasteiger charge is 2.43. The van der Waals surface area contributed by atoms with Gasteiger partial charge in [0.2, 0.25) is 5.76 Å². The van der Waals surface area contributed by atoms with E-state index in [9.17, 15) is 9.59 Å². The molecule has 1 amide bonds. The molecule has 0 saturated carbocycles. The average Bonchev–Trinajstić information content (AvgIpc) is 3.07. The molecule has 1 aliphatic heterocycles. The summed E-state index contributed by atoms with van der Waals surface area (Å²) in [6.07, 6.45) is 0. The normalized spacial score (nSPS) is 15.8. The first-order chi connectivity index (χ1) is 15.6. The van der Waals surface area contributed by atoms with Crippen molar-refractivity contribution in [2.45, 2.75) is 32.2 Å². The zero-order chi connectivity index (χ0) is 23.5.